The molecule has 0 saturated carbocycles. The molecule has 110 valence electrons. The Morgan fingerprint density at radius 3 is 3.00 bits per heavy atom. The SMILES string of the molecule is O=C(O)C1CCCN(c2ccc3cc(Br)c(F)cc3n2)C1. The van der Waals surface area contributed by atoms with Crippen LogP contribution in [-0.4, -0.2) is 29.1 Å². The predicted molar refractivity (Wildman–Crippen MR) is 82.0 cm³/mol. The quantitative estimate of drug-likeness (QED) is 0.899. The number of carboxylic acid groups (broad SMARTS) is 1. The van der Waals surface area contributed by atoms with Crippen molar-refractivity contribution in [3.63, 3.8) is 0 Å². The molecule has 2 heterocycles. The van der Waals surface area contributed by atoms with E-state index in [1.165, 1.54) is 6.07 Å². The van der Waals surface area contributed by atoms with Crippen molar-refractivity contribution in [1.82, 2.24) is 4.98 Å². The molecule has 1 saturated heterocycles. The molecule has 1 unspecified atom stereocenters. The van der Waals surface area contributed by atoms with Crippen LogP contribution in [0.5, 0.6) is 0 Å². The predicted octanol–water partition coefficient (Wildman–Crippen LogP) is 3.44. The van der Waals surface area contributed by atoms with Crippen LogP contribution in [0.3, 0.4) is 0 Å². The topological polar surface area (TPSA) is 53.4 Å². The van der Waals surface area contributed by atoms with Crippen molar-refractivity contribution in [3.8, 4) is 0 Å². The summed E-state index contributed by atoms with van der Waals surface area (Å²) in [6.45, 7) is 1.23. The summed E-state index contributed by atoms with van der Waals surface area (Å²) in [5, 5.41) is 9.99. The lowest BCUT2D eigenvalue weighted by Crippen LogP contribution is -2.39. The fraction of sp³-hybridized carbons (Fsp3) is 0.333. The van der Waals surface area contributed by atoms with E-state index < -0.39 is 5.97 Å². The van der Waals surface area contributed by atoms with Crippen LogP contribution in [0.4, 0.5) is 10.2 Å². The van der Waals surface area contributed by atoms with Crippen molar-refractivity contribution in [2.75, 3.05) is 18.0 Å². The van der Waals surface area contributed by atoms with Crippen molar-refractivity contribution in [2.24, 2.45) is 5.92 Å². The van der Waals surface area contributed by atoms with E-state index in [-0.39, 0.29) is 11.7 Å². The zero-order valence-corrected chi connectivity index (χ0v) is 12.8. The number of nitrogens with zero attached hydrogens (tertiary/aromatic N) is 2. The van der Waals surface area contributed by atoms with Gasteiger partial charge in [-0.1, -0.05) is 0 Å². The van der Waals surface area contributed by atoms with Gasteiger partial charge < -0.3 is 10.0 Å². The minimum absolute atomic E-state index is 0.353. The lowest BCUT2D eigenvalue weighted by atomic mass is 9.98. The van der Waals surface area contributed by atoms with Gasteiger partial charge in [-0.05, 0) is 47.0 Å². The third-order valence-electron chi connectivity index (χ3n) is 3.81. The molecule has 0 bridgehead atoms. The Morgan fingerprint density at radius 1 is 1.43 bits per heavy atom. The first-order chi connectivity index (χ1) is 10.0. The molecular formula is C15H14BrFN2O2. The summed E-state index contributed by atoms with van der Waals surface area (Å²) in [6.07, 6.45) is 1.52. The molecule has 6 heteroatoms. The Bertz CT molecular complexity index is 707. The van der Waals surface area contributed by atoms with E-state index in [0.717, 1.165) is 18.4 Å². The second-order valence-electron chi connectivity index (χ2n) is 5.25. The molecule has 1 atom stereocenters. The van der Waals surface area contributed by atoms with E-state index in [9.17, 15) is 9.18 Å². The number of aliphatic carboxylic acids is 1. The highest BCUT2D eigenvalue weighted by Gasteiger charge is 2.26. The molecule has 1 aromatic heterocycles. The van der Waals surface area contributed by atoms with Crippen molar-refractivity contribution in [3.05, 3.63) is 34.6 Å². The van der Waals surface area contributed by atoms with Gasteiger partial charge in [0.05, 0.1) is 15.9 Å². The van der Waals surface area contributed by atoms with Gasteiger partial charge in [-0.2, -0.15) is 0 Å². The molecule has 1 aliphatic heterocycles. The molecule has 1 aliphatic rings. The molecule has 0 radical (unpaired) electrons. The molecule has 0 spiro atoms. The number of halogens is 2. The second kappa shape index (κ2) is 5.60. The molecule has 3 rings (SSSR count). The van der Waals surface area contributed by atoms with Crippen LogP contribution in [0.1, 0.15) is 12.8 Å². The number of benzene rings is 1. The van der Waals surface area contributed by atoms with Gasteiger partial charge in [-0.25, -0.2) is 9.37 Å². The van der Waals surface area contributed by atoms with Gasteiger partial charge in [0.15, 0.2) is 0 Å². The Kier molecular flexibility index (Phi) is 3.80. The fourth-order valence-corrected chi connectivity index (χ4v) is 3.03. The first-order valence-corrected chi connectivity index (χ1v) is 7.57. The minimum Gasteiger partial charge on any atom is -0.481 e. The van der Waals surface area contributed by atoms with Crippen LogP contribution in [0, 0.1) is 11.7 Å². The average Bonchev–Trinajstić information content (AvgIpc) is 2.48. The van der Waals surface area contributed by atoms with E-state index >= 15 is 0 Å². The van der Waals surface area contributed by atoms with Crippen molar-refractivity contribution in [2.45, 2.75) is 12.8 Å². The highest BCUT2D eigenvalue weighted by Crippen LogP contribution is 2.27. The van der Waals surface area contributed by atoms with Crippen molar-refractivity contribution in [1.29, 1.82) is 0 Å². The number of aromatic nitrogens is 1. The Balaban J connectivity index is 1.93. The Hall–Kier alpha value is -1.69. The standard InChI is InChI=1S/C15H14BrFN2O2/c16-11-6-9-3-4-14(18-13(9)7-12(11)17)19-5-1-2-10(8-19)15(20)21/h3-4,6-7,10H,1-2,5,8H2,(H,20,21). The Labute approximate surface area is 129 Å². The summed E-state index contributed by atoms with van der Waals surface area (Å²) < 4.78 is 14.0. The number of piperidine rings is 1. The molecule has 1 fully saturated rings. The lowest BCUT2D eigenvalue weighted by molar-refractivity contribution is -0.141. The summed E-state index contributed by atoms with van der Waals surface area (Å²) in [5.41, 5.74) is 0.575. The van der Waals surface area contributed by atoms with Gasteiger partial charge in [0.25, 0.3) is 0 Å². The number of anilines is 1. The van der Waals surface area contributed by atoms with Crippen molar-refractivity contribution < 1.29 is 14.3 Å². The van der Waals surface area contributed by atoms with Gasteiger partial charge in [-0.3, -0.25) is 4.79 Å². The van der Waals surface area contributed by atoms with Gasteiger partial charge in [-0.15, -0.1) is 0 Å². The van der Waals surface area contributed by atoms with Gasteiger partial charge in [0.1, 0.15) is 11.6 Å². The molecule has 4 nitrogen and oxygen atoms in total. The number of hydrogen-bond donors (Lipinski definition) is 1. The van der Waals surface area contributed by atoms with Gasteiger partial charge >= 0.3 is 5.97 Å². The number of carbonyl (C=O) groups is 1. The molecular weight excluding hydrogens is 339 g/mol. The van der Waals surface area contributed by atoms with Crippen LogP contribution in [0.2, 0.25) is 0 Å². The maximum absolute atomic E-state index is 13.6. The zero-order chi connectivity index (χ0) is 15.0. The summed E-state index contributed by atoms with van der Waals surface area (Å²) in [6, 6.07) is 6.82. The smallest absolute Gasteiger partial charge is 0.308 e. The first-order valence-electron chi connectivity index (χ1n) is 6.78. The third kappa shape index (κ3) is 2.85. The second-order valence-corrected chi connectivity index (χ2v) is 6.11. The summed E-state index contributed by atoms with van der Waals surface area (Å²) in [5.74, 6) is -0.780. The minimum atomic E-state index is -0.768. The van der Waals surface area contributed by atoms with E-state index in [1.807, 2.05) is 17.0 Å². The van der Waals surface area contributed by atoms with E-state index in [2.05, 4.69) is 20.9 Å². The molecule has 0 amide bonds. The van der Waals surface area contributed by atoms with E-state index in [4.69, 9.17) is 5.11 Å². The number of rotatable bonds is 2. The Morgan fingerprint density at radius 2 is 2.24 bits per heavy atom. The first kappa shape index (κ1) is 14.3. The molecule has 0 aliphatic carbocycles. The van der Waals surface area contributed by atoms with E-state index in [1.54, 1.807) is 6.07 Å². The maximum Gasteiger partial charge on any atom is 0.308 e. The fourth-order valence-electron chi connectivity index (χ4n) is 2.67. The van der Waals surface area contributed by atoms with Crippen LogP contribution >= 0.6 is 15.9 Å². The highest BCUT2D eigenvalue weighted by atomic mass is 79.9. The lowest BCUT2D eigenvalue weighted by Gasteiger charge is -2.31. The number of fused-ring (bicyclic) bond motifs is 1. The maximum atomic E-state index is 13.6. The monoisotopic (exact) mass is 352 g/mol. The van der Waals surface area contributed by atoms with Gasteiger partial charge in [0.2, 0.25) is 0 Å². The van der Waals surface area contributed by atoms with Gasteiger partial charge in [0, 0.05) is 24.5 Å². The van der Waals surface area contributed by atoms with E-state index in [0.29, 0.717) is 28.8 Å². The zero-order valence-electron chi connectivity index (χ0n) is 11.2. The average molecular weight is 353 g/mol. The normalized spacial score (nSPS) is 19.0. The summed E-state index contributed by atoms with van der Waals surface area (Å²) in [7, 11) is 0. The number of carboxylic acids is 1. The summed E-state index contributed by atoms with van der Waals surface area (Å²) >= 11 is 3.16. The van der Waals surface area contributed by atoms with Crippen LogP contribution < -0.4 is 4.90 Å². The van der Waals surface area contributed by atoms with Crippen LogP contribution in [0.15, 0.2) is 28.7 Å². The van der Waals surface area contributed by atoms with Crippen LogP contribution in [-0.2, 0) is 4.79 Å². The largest absolute Gasteiger partial charge is 0.481 e. The third-order valence-corrected chi connectivity index (χ3v) is 4.42. The van der Waals surface area contributed by atoms with Crippen LogP contribution in [0.25, 0.3) is 10.9 Å². The van der Waals surface area contributed by atoms with Crippen molar-refractivity contribution >= 4 is 38.6 Å². The molecule has 21 heavy (non-hydrogen) atoms. The summed E-state index contributed by atoms with van der Waals surface area (Å²) in [4.78, 5) is 17.6. The number of pyridine rings is 1. The molecule has 1 aromatic carbocycles. The molecule has 2 aromatic rings. The number of hydrogen-bond acceptors (Lipinski definition) is 3. The molecule has 1 N–H and O–H groups in total. The highest BCUT2D eigenvalue weighted by molar-refractivity contribution is 9.10.